The summed E-state index contributed by atoms with van der Waals surface area (Å²) in [5.74, 6) is 1.23. The number of nitrogens with one attached hydrogen (secondary N) is 1. The van der Waals surface area contributed by atoms with Gasteiger partial charge in [-0.15, -0.1) is 0 Å². The van der Waals surface area contributed by atoms with Crippen LogP contribution in [0.5, 0.6) is 0 Å². The Bertz CT molecular complexity index is 272. The number of aryl methyl sites for hydroxylation is 1. The standard InChI is InChI=1S/C11H19N3/c1-2-11-13-8-9-14(11)10-4-3-6-12-7-5-10/h8-10,12H,2-7H2,1H3. The Hall–Kier alpha value is -0.830. The molecule has 1 aromatic rings. The Kier molecular flexibility index (Phi) is 3.19. The molecule has 3 heteroatoms. The van der Waals surface area contributed by atoms with E-state index in [1.807, 2.05) is 6.20 Å². The van der Waals surface area contributed by atoms with E-state index in [4.69, 9.17) is 0 Å². The Morgan fingerprint density at radius 1 is 1.50 bits per heavy atom. The lowest BCUT2D eigenvalue weighted by Gasteiger charge is -2.17. The van der Waals surface area contributed by atoms with E-state index >= 15 is 0 Å². The minimum absolute atomic E-state index is 0.669. The van der Waals surface area contributed by atoms with Crippen LogP contribution in [0.4, 0.5) is 0 Å². The van der Waals surface area contributed by atoms with Crippen LogP contribution in [0.1, 0.15) is 38.1 Å². The van der Waals surface area contributed by atoms with Crippen molar-refractivity contribution in [3.05, 3.63) is 18.2 Å². The second kappa shape index (κ2) is 4.60. The monoisotopic (exact) mass is 193 g/mol. The molecule has 0 aromatic carbocycles. The van der Waals surface area contributed by atoms with Crippen molar-refractivity contribution in [1.82, 2.24) is 14.9 Å². The molecule has 1 aliphatic rings. The maximum absolute atomic E-state index is 4.38. The molecule has 1 atom stereocenters. The van der Waals surface area contributed by atoms with Gasteiger partial charge in [-0.25, -0.2) is 4.98 Å². The minimum Gasteiger partial charge on any atom is -0.332 e. The summed E-state index contributed by atoms with van der Waals surface area (Å²) >= 11 is 0. The van der Waals surface area contributed by atoms with Gasteiger partial charge >= 0.3 is 0 Å². The van der Waals surface area contributed by atoms with Gasteiger partial charge in [-0.2, -0.15) is 0 Å². The summed E-state index contributed by atoms with van der Waals surface area (Å²) in [7, 11) is 0. The van der Waals surface area contributed by atoms with Crippen molar-refractivity contribution in [2.24, 2.45) is 0 Å². The first kappa shape index (κ1) is 9.71. The largest absolute Gasteiger partial charge is 0.332 e. The van der Waals surface area contributed by atoms with Gasteiger partial charge < -0.3 is 9.88 Å². The van der Waals surface area contributed by atoms with E-state index in [2.05, 4.69) is 28.0 Å². The Morgan fingerprint density at radius 2 is 2.43 bits per heavy atom. The SMILES string of the molecule is CCc1nccn1C1CCCNCC1. The lowest BCUT2D eigenvalue weighted by molar-refractivity contribution is 0.440. The molecule has 14 heavy (non-hydrogen) atoms. The van der Waals surface area contributed by atoms with E-state index in [0.29, 0.717) is 6.04 Å². The number of hydrogen-bond acceptors (Lipinski definition) is 2. The van der Waals surface area contributed by atoms with E-state index in [1.54, 1.807) is 0 Å². The molecule has 0 saturated carbocycles. The maximum atomic E-state index is 4.38. The zero-order chi connectivity index (χ0) is 9.80. The number of imidazole rings is 1. The van der Waals surface area contributed by atoms with Crippen LogP contribution in [0.15, 0.2) is 12.4 Å². The van der Waals surface area contributed by atoms with Gasteiger partial charge in [0, 0.05) is 24.9 Å². The van der Waals surface area contributed by atoms with Crippen molar-refractivity contribution in [2.75, 3.05) is 13.1 Å². The molecule has 0 bridgehead atoms. The maximum Gasteiger partial charge on any atom is 0.108 e. The van der Waals surface area contributed by atoms with E-state index in [1.165, 1.54) is 31.6 Å². The number of aromatic nitrogens is 2. The molecule has 1 fully saturated rings. The number of rotatable bonds is 2. The van der Waals surface area contributed by atoms with Gasteiger partial charge in [-0.3, -0.25) is 0 Å². The molecule has 0 aliphatic carbocycles. The fourth-order valence-corrected chi connectivity index (χ4v) is 2.23. The molecule has 2 rings (SSSR count). The molecule has 1 aliphatic heterocycles. The fourth-order valence-electron chi connectivity index (χ4n) is 2.23. The molecule has 1 N–H and O–H groups in total. The van der Waals surface area contributed by atoms with E-state index in [-0.39, 0.29) is 0 Å². The highest BCUT2D eigenvalue weighted by atomic mass is 15.1. The van der Waals surface area contributed by atoms with Gasteiger partial charge in [0.25, 0.3) is 0 Å². The lowest BCUT2D eigenvalue weighted by Crippen LogP contribution is -2.16. The van der Waals surface area contributed by atoms with Gasteiger partial charge in [-0.05, 0) is 32.4 Å². The van der Waals surface area contributed by atoms with Crippen LogP contribution in [-0.4, -0.2) is 22.6 Å². The third-order valence-corrected chi connectivity index (χ3v) is 3.00. The first-order chi connectivity index (χ1) is 6.92. The highest BCUT2D eigenvalue weighted by molar-refractivity contribution is 4.95. The summed E-state index contributed by atoms with van der Waals surface area (Å²) in [6, 6.07) is 0.669. The molecular weight excluding hydrogens is 174 g/mol. The van der Waals surface area contributed by atoms with Crippen molar-refractivity contribution < 1.29 is 0 Å². The summed E-state index contributed by atoms with van der Waals surface area (Å²) < 4.78 is 2.37. The third-order valence-electron chi connectivity index (χ3n) is 3.00. The molecule has 0 spiro atoms. The predicted molar refractivity (Wildman–Crippen MR) is 57.4 cm³/mol. The quantitative estimate of drug-likeness (QED) is 0.775. The van der Waals surface area contributed by atoms with Crippen molar-refractivity contribution in [3.8, 4) is 0 Å². The second-order valence-electron chi connectivity index (χ2n) is 3.94. The summed E-state index contributed by atoms with van der Waals surface area (Å²) in [6.07, 6.45) is 8.91. The van der Waals surface area contributed by atoms with Gasteiger partial charge in [-0.1, -0.05) is 6.92 Å². The normalized spacial score (nSPS) is 23.4. The van der Waals surface area contributed by atoms with E-state index in [9.17, 15) is 0 Å². The van der Waals surface area contributed by atoms with Crippen LogP contribution in [0.3, 0.4) is 0 Å². The van der Waals surface area contributed by atoms with E-state index < -0.39 is 0 Å². The Labute approximate surface area is 85.5 Å². The van der Waals surface area contributed by atoms with Crippen LogP contribution < -0.4 is 5.32 Å². The Morgan fingerprint density at radius 3 is 3.29 bits per heavy atom. The average molecular weight is 193 g/mol. The zero-order valence-corrected chi connectivity index (χ0v) is 8.87. The second-order valence-corrected chi connectivity index (χ2v) is 3.94. The first-order valence-corrected chi connectivity index (χ1v) is 5.64. The lowest BCUT2D eigenvalue weighted by atomic mass is 10.1. The van der Waals surface area contributed by atoms with Gasteiger partial charge in [0.05, 0.1) is 0 Å². The fraction of sp³-hybridized carbons (Fsp3) is 0.727. The summed E-state index contributed by atoms with van der Waals surface area (Å²) in [5.41, 5.74) is 0. The van der Waals surface area contributed by atoms with Crippen LogP contribution in [0, 0.1) is 0 Å². The zero-order valence-electron chi connectivity index (χ0n) is 8.87. The molecule has 0 radical (unpaired) electrons. The number of nitrogens with zero attached hydrogens (tertiary/aromatic N) is 2. The summed E-state index contributed by atoms with van der Waals surface area (Å²) in [5, 5.41) is 3.44. The first-order valence-electron chi connectivity index (χ1n) is 5.64. The average Bonchev–Trinajstić information content (AvgIpc) is 2.52. The molecule has 3 nitrogen and oxygen atoms in total. The van der Waals surface area contributed by atoms with Crippen LogP contribution in [0.2, 0.25) is 0 Å². The summed E-state index contributed by atoms with van der Waals surface area (Å²) in [4.78, 5) is 4.38. The molecule has 1 aromatic heterocycles. The van der Waals surface area contributed by atoms with Crippen LogP contribution in [-0.2, 0) is 6.42 Å². The van der Waals surface area contributed by atoms with Crippen molar-refractivity contribution in [2.45, 2.75) is 38.6 Å². The minimum atomic E-state index is 0.669. The van der Waals surface area contributed by atoms with Gasteiger partial charge in [0.15, 0.2) is 0 Å². The molecular formula is C11H19N3. The highest BCUT2D eigenvalue weighted by Gasteiger charge is 2.15. The summed E-state index contributed by atoms with van der Waals surface area (Å²) in [6.45, 7) is 4.49. The van der Waals surface area contributed by atoms with Crippen LogP contribution in [0.25, 0.3) is 0 Å². The highest BCUT2D eigenvalue weighted by Crippen LogP contribution is 2.21. The van der Waals surface area contributed by atoms with Gasteiger partial charge in [0.1, 0.15) is 5.82 Å². The third kappa shape index (κ3) is 1.98. The topological polar surface area (TPSA) is 29.9 Å². The van der Waals surface area contributed by atoms with E-state index in [0.717, 1.165) is 13.0 Å². The van der Waals surface area contributed by atoms with Crippen molar-refractivity contribution >= 4 is 0 Å². The predicted octanol–water partition coefficient (Wildman–Crippen LogP) is 1.76. The van der Waals surface area contributed by atoms with Crippen molar-refractivity contribution in [1.29, 1.82) is 0 Å². The Balaban J connectivity index is 2.11. The van der Waals surface area contributed by atoms with Gasteiger partial charge in [0.2, 0.25) is 0 Å². The molecule has 2 heterocycles. The van der Waals surface area contributed by atoms with Crippen LogP contribution >= 0.6 is 0 Å². The molecule has 1 unspecified atom stereocenters. The molecule has 78 valence electrons. The smallest absolute Gasteiger partial charge is 0.108 e. The molecule has 0 amide bonds. The molecule has 1 saturated heterocycles. The van der Waals surface area contributed by atoms with Crippen molar-refractivity contribution in [3.63, 3.8) is 0 Å². The number of hydrogen-bond donors (Lipinski definition) is 1.